The van der Waals surface area contributed by atoms with Crippen molar-refractivity contribution in [1.82, 2.24) is 4.98 Å². The minimum Gasteiger partial charge on any atom is -0.550 e. The van der Waals surface area contributed by atoms with E-state index in [1.54, 1.807) is 0 Å². The Hall–Kier alpha value is -2.15. The molecule has 23 heavy (non-hydrogen) atoms. The lowest BCUT2D eigenvalue weighted by molar-refractivity contribution is -0.306. The SMILES string of the molecule is O=C([O-])CC(c1cc(F)cc(C(F)(F)F)c1)c1ccc(Cl)cn1. The minimum atomic E-state index is -4.75. The van der Waals surface area contributed by atoms with Crippen molar-refractivity contribution in [3.63, 3.8) is 0 Å². The van der Waals surface area contributed by atoms with E-state index in [1.807, 2.05) is 0 Å². The molecule has 2 rings (SSSR count). The van der Waals surface area contributed by atoms with Crippen LogP contribution in [0.5, 0.6) is 0 Å². The van der Waals surface area contributed by atoms with Crippen LogP contribution in [0.3, 0.4) is 0 Å². The molecule has 8 heteroatoms. The third kappa shape index (κ3) is 4.41. The molecule has 0 spiro atoms. The molecule has 0 aliphatic heterocycles. The van der Waals surface area contributed by atoms with Gasteiger partial charge in [-0.1, -0.05) is 11.6 Å². The topological polar surface area (TPSA) is 53.0 Å². The number of pyridine rings is 1. The second-order valence-corrected chi connectivity index (χ2v) is 5.24. The van der Waals surface area contributed by atoms with Gasteiger partial charge in [0.25, 0.3) is 0 Å². The summed E-state index contributed by atoms with van der Waals surface area (Å²) in [6.45, 7) is 0. The van der Waals surface area contributed by atoms with Crippen LogP contribution in [-0.2, 0) is 11.0 Å². The molecule has 1 heterocycles. The summed E-state index contributed by atoms with van der Waals surface area (Å²) < 4.78 is 51.9. The second-order valence-electron chi connectivity index (χ2n) is 4.80. The fourth-order valence-corrected chi connectivity index (χ4v) is 2.24. The van der Waals surface area contributed by atoms with Crippen LogP contribution in [0.15, 0.2) is 36.5 Å². The first kappa shape index (κ1) is 17.2. The van der Waals surface area contributed by atoms with Gasteiger partial charge in [0.15, 0.2) is 0 Å². The Morgan fingerprint density at radius 2 is 1.96 bits per heavy atom. The van der Waals surface area contributed by atoms with Gasteiger partial charge in [-0.15, -0.1) is 0 Å². The zero-order valence-electron chi connectivity index (χ0n) is 11.4. The quantitative estimate of drug-likeness (QED) is 0.799. The number of carbonyl (C=O) groups is 1. The summed E-state index contributed by atoms with van der Waals surface area (Å²) in [5, 5.41) is 11.2. The number of rotatable bonds is 4. The maximum absolute atomic E-state index is 13.5. The molecule has 1 aromatic carbocycles. The normalized spacial score (nSPS) is 12.9. The fraction of sp³-hybridized carbons (Fsp3) is 0.200. The molecular weight excluding hydrogens is 338 g/mol. The first-order chi connectivity index (χ1) is 10.7. The largest absolute Gasteiger partial charge is 0.550 e. The molecule has 1 aromatic heterocycles. The number of aliphatic carboxylic acids is 1. The fourth-order valence-electron chi connectivity index (χ4n) is 2.13. The number of alkyl halides is 3. The molecular formula is C15H9ClF4NO2-. The highest BCUT2D eigenvalue weighted by Gasteiger charge is 2.32. The number of halogens is 5. The van der Waals surface area contributed by atoms with Crippen molar-refractivity contribution < 1.29 is 27.5 Å². The first-order valence-corrected chi connectivity index (χ1v) is 6.73. The zero-order valence-corrected chi connectivity index (χ0v) is 12.2. The van der Waals surface area contributed by atoms with Crippen LogP contribution in [0.1, 0.15) is 29.2 Å². The van der Waals surface area contributed by atoms with Crippen molar-refractivity contribution in [3.8, 4) is 0 Å². The maximum atomic E-state index is 13.5. The summed E-state index contributed by atoms with van der Waals surface area (Å²) in [4.78, 5) is 14.8. The number of carboxylic acids is 1. The van der Waals surface area contributed by atoms with E-state index in [-0.39, 0.29) is 16.3 Å². The Labute approximate surface area is 133 Å². The lowest BCUT2D eigenvalue weighted by atomic mass is 9.90. The summed E-state index contributed by atoms with van der Waals surface area (Å²) >= 11 is 5.68. The Balaban J connectivity index is 2.53. The van der Waals surface area contributed by atoms with Gasteiger partial charge in [0, 0.05) is 23.8 Å². The van der Waals surface area contributed by atoms with Gasteiger partial charge >= 0.3 is 6.18 Å². The van der Waals surface area contributed by atoms with Crippen LogP contribution in [0.25, 0.3) is 0 Å². The number of benzene rings is 1. The molecule has 0 N–H and O–H groups in total. The van der Waals surface area contributed by atoms with E-state index in [1.165, 1.54) is 18.3 Å². The van der Waals surface area contributed by atoms with Crippen LogP contribution in [0, 0.1) is 5.82 Å². The molecule has 0 bridgehead atoms. The summed E-state index contributed by atoms with van der Waals surface area (Å²) in [5.74, 6) is -3.70. The Bertz CT molecular complexity index is 716. The third-order valence-corrected chi connectivity index (χ3v) is 3.35. The minimum absolute atomic E-state index is 0.150. The third-order valence-electron chi connectivity index (χ3n) is 3.13. The number of carbonyl (C=O) groups excluding carboxylic acids is 1. The average molecular weight is 347 g/mol. The van der Waals surface area contributed by atoms with Crippen molar-refractivity contribution >= 4 is 17.6 Å². The number of hydrogen-bond acceptors (Lipinski definition) is 3. The first-order valence-electron chi connectivity index (χ1n) is 6.36. The van der Waals surface area contributed by atoms with Crippen LogP contribution in [0.2, 0.25) is 5.02 Å². The number of aromatic nitrogens is 1. The number of nitrogens with zero attached hydrogens (tertiary/aromatic N) is 1. The van der Waals surface area contributed by atoms with Crippen molar-refractivity contribution in [1.29, 1.82) is 0 Å². The van der Waals surface area contributed by atoms with E-state index >= 15 is 0 Å². The number of hydrogen-bond donors (Lipinski definition) is 0. The summed E-state index contributed by atoms with van der Waals surface area (Å²) in [7, 11) is 0. The molecule has 0 aliphatic carbocycles. The molecule has 122 valence electrons. The highest BCUT2D eigenvalue weighted by Crippen LogP contribution is 2.34. The van der Waals surface area contributed by atoms with E-state index < -0.39 is 35.9 Å². The molecule has 3 nitrogen and oxygen atoms in total. The monoisotopic (exact) mass is 346 g/mol. The molecule has 1 atom stereocenters. The van der Waals surface area contributed by atoms with E-state index in [0.29, 0.717) is 12.1 Å². The molecule has 0 saturated carbocycles. The van der Waals surface area contributed by atoms with Gasteiger partial charge in [0.05, 0.1) is 10.6 Å². The van der Waals surface area contributed by atoms with Crippen molar-refractivity contribution in [3.05, 3.63) is 64.2 Å². The molecule has 2 aromatic rings. The van der Waals surface area contributed by atoms with Gasteiger partial charge in [-0.05, 0) is 42.3 Å². The molecule has 1 unspecified atom stereocenters. The second kappa shape index (κ2) is 6.54. The lowest BCUT2D eigenvalue weighted by Gasteiger charge is -2.19. The predicted octanol–water partition coefficient (Wildman–Crippen LogP) is 3.16. The highest BCUT2D eigenvalue weighted by atomic mass is 35.5. The smallest absolute Gasteiger partial charge is 0.416 e. The highest BCUT2D eigenvalue weighted by molar-refractivity contribution is 6.30. The van der Waals surface area contributed by atoms with Crippen molar-refractivity contribution in [2.75, 3.05) is 0 Å². The lowest BCUT2D eigenvalue weighted by Crippen LogP contribution is -2.25. The van der Waals surface area contributed by atoms with Crippen LogP contribution < -0.4 is 5.11 Å². The summed E-state index contributed by atoms with van der Waals surface area (Å²) in [6, 6.07) is 4.67. The summed E-state index contributed by atoms with van der Waals surface area (Å²) in [5.41, 5.74) is -1.21. The van der Waals surface area contributed by atoms with Crippen LogP contribution >= 0.6 is 11.6 Å². The van der Waals surface area contributed by atoms with Crippen molar-refractivity contribution in [2.45, 2.75) is 18.5 Å². The zero-order chi connectivity index (χ0) is 17.2. The molecule has 0 fully saturated rings. The Morgan fingerprint density at radius 3 is 2.48 bits per heavy atom. The Morgan fingerprint density at radius 1 is 1.26 bits per heavy atom. The van der Waals surface area contributed by atoms with Crippen LogP contribution in [0.4, 0.5) is 17.6 Å². The molecule has 0 amide bonds. The van der Waals surface area contributed by atoms with Gasteiger partial charge in [-0.3, -0.25) is 4.98 Å². The van der Waals surface area contributed by atoms with Crippen LogP contribution in [-0.4, -0.2) is 11.0 Å². The Kier molecular flexibility index (Phi) is 4.89. The molecule has 0 aliphatic rings. The van der Waals surface area contributed by atoms with E-state index in [9.17, 15) is 27.5 Å². The van der Waals surface area contributed by atoms with Gasteiger partial charge in [0.1, 0.15) is 5.82 Å². The standard InChI is InChI=1S/C15H10ClF4NO2/c16-10-1-2-13(21-7-10)12(6-14(22)23)8-3-9(15(18,19)20)5-11(17)4-8/h1-5,7,12H,6H2,(H,22,23)/p-1. The predicted molar refractivity (Wildman–Crippen MR) is 72.1 cm³/mol. The van der Waals surface area contributed by atoms with Gasteiger partial charge < -0.3 is 9.90 Å². The molecule has 0 radical (unpaired) electrons. The number of carboxylic acid groups (broad SMARTS) is 1. The van der Waals surface area contributed by atoms with E-state index in [0.717, 1.165) is 6.07 Å². The van der Waals surface area contributed by atoms with E-state index in [4.69, 9.17) is 11.6 Å². The summed E-state index contributed by atoms with van der Waals surface area (Å²) in [6.07, 6.45) is -4.17. The van der Waals surface area contributed by atoms with Gasteiger partial charge in [0.2, 0.25) is 0 Å². The van der Waals surface area contributed by atoms with E-state index in [2.05, 4.69) is 4.98 Å². The van der Waals surface area contributed by atoms with Crippen molar-refractivity contribution in [2.24, 2.45) is 0 Å². The average Bonchev–Trinajstić information content (AvgIpc) is 2.44. The van der Waals surface area contributed by atoms with Gasteiger partial charge in [-0.25, -0.2) is 4.39 Å². The molecule has 0 saturated heterocycles. The maximum Gasteiger partial charge on any atom is 0.416 e. The van der Waals surface area contributed by atoms with Gasteiger partial charge in [-0.2, -0.15) is 13.2 Å².